The number of fused-ring (bicyclic) bond motifs is 1. The lowest BCUT2D eigenvalue weighted by Gasteiger charge is -2.11. The number of nitrogens with zero attached hydrogens (tertiary/aromatic N) is 2. The van der Waals surface area contributed by atoms with Crippen molar-refractivity contribution in [2.24, 2.45) is 0 Å². The first-order chi connectivity index (χ1) is 11.8. The number of rotatable bonds is 6. The molecule has 0 atom stereocenters. The topological polar surface area (TPSA) is 64.1 Å². The van der Waals surface area contributed by atoms with E-state index in [2.05, 4.69) is 15.3 Å². The molecular weight excluding hydrogens is 322 g/mol. The Kier molecular flexibility index (Phi) is 5.28. The van der Waals surface area contributed by atoms with Gasteiger partial charge in [0, 0.05) is 0 Å². The van der Waals surface area contributed by atoms with Gasteiger partial charge >= 0.3 is 0 Å². The Bertz CT molecular complexity index is 854. The van der Waals surface area contributed by atoms with Crippen molar-refractivity contribution in [3.63, 3.8) is 0 Å². The van der Waals surface area contributed by atoms with E-state index in [4.69, 9.17) is 4.74 Å². The zero-order valence-electron chi connectivity index (χ0n) is 13.2. The van der Waals surface area contributed by atoms with Gasteiger partial charge in [0.2, 0.25) is 5.91 Å². The van der Waals surface area contributed by atoms with E-state index >= 15 is 0 Å². The first kappa shape index (κ1) is 16.3. The number of nitrogens with one attached hydrogen (secondary N) is 1. The summed E-state index contributed by atoms with van der Waals surface area (Å²) in [5.41, 5.74) is 2.34. The molecule has 0 spiro atoms. The first-order valence-corrected chi connectivity index (χ1v) is 8.61. The van der Waals surface area contributed by atoms with Gasteiger partial charge in [-0.25, -0.2) is 4.98 Å². The van der Waals surface area contributed by atoms with Crippen LogP contribution in [0.15, 0.2) is 59.8 Å². The fourth-order valence-electron chi connectivity index (χ4n) is 2.19. The lowest BCUT2D eigenvalue weighted by molar-refractivity contribution is -0.113. The highest BCUT2D eigenvalue weighted by atomic mass is 32.2. The minimum Gasteiger partial charge on any atom is -0.492 e. The third-order valence-corrected chi connectivity index (χ3v) is 4.14. The number of hydrogen-bond donors (Lipinski definition) is 1. The number of anilines is 1. The first-order valence-electron chi connectivity index (χ1n) is 7.62. The summed E-state index contributed by atoms with van der Waals surface area (Å²) in [4.78, 5) is 21.0. The van der Waals surface area contributed by atoms with Gasteiger partial charge in [-0.3, -0.25) is 9.78 Å². The number of hydrogen-bond acceptors (Lipinski definition) is 5. The molecule has 0 aliphatic heterocycles. The summed E-state index contributed by atoms with van der Waals surface area (Å²) in [5, 5.41) is 3.59. The van der Waals surface area contributed by atoms with Crippen molar-refractivity contribution in [3.05, 3.63) is 54.7 Å². The highest BCUT2D eigenvalue weighted by Gasteiger charge is 2.09. The maximum atomic E-state index is 12.2. The van der Waals surface area contributed by atoms with Crippen molar-refractivity contribution in [1.29, 1.82) is 0 Å². The van der Waals surface area contributed by atoms with Gasteiger partial charge in [0.1, 0.15) is 10.8 Å². The number of amides is 1. The van der Waals surface area contributed by atoms with Crippen LogP contribution >= 0.6 is 11.8 Å². The Hall–Kier alpha value is -2.60. The van der Waals surface area contributed by atoms with Gasteiger partial charge in [-0.15, -0.1) is 0 Å². The van der Waals surface area contributed by atoms with Crippen LogP contribution in [0.25, 0.3) is 11.0 Å². The highest BCUT2D eigenvalue weighted by Crippen LogP contribution is 2.24. The average molecular weight is 339 g/mol. The van der Waals surface area contributed by atoms with E-state index in [9.17, 15) is 4.79 Å². The molecule has 0 unspecified atom stereocenters. The number of ether oxygens (including phenoxy) is 1. The molecule has 1 heterocycles. The van der Waals surface area contributed by atoms with E-state index in [-0.39, 0.29) is 11.7 Å². The van der Waals surface area contributed by atoms with Gasteiger partial charge in [0.15, 0.2) is 0 Å². The van der Waals surface area contributed by atoms with Crippen LogP contribution in [0.1, 0.15) is 6.92 Å². The normalized spacial score (nSPS) is 10.5. The van der Waals surface area contributed by atoms with Gasteiger partial charge in [-0.2, -0.15) is 0 Å². The zero-order chi connectivity index (χ0) is 16.8. The molecule has 0 radical (unpaired) electrons. The Morgan fingerprint density at radius 3 is 2.71 bits per heavy atom. The van der Waals surface area contributed by atoms with Crippen LogP contribution in [-0.2, 0) is 4.79 Å². The minimum atomic E-state index is -0.109. The molecule has 0 aliphatic rings. The second-order valence-electron chi connectivity index (χ2n) is 4.96. The fraction of sp³-hybridized carbons (Fsp3) is 0.167. The summed E-state index contributed by atoms with van der Waals surface area (Å²) in [6.45, 7) is 2.46. The van der Waals surface area contributed by atoms with Crippen molar-refractivity contribution >= 4 is 34.4 Å². The number of thioether (sulfide) groups is 1. The van der Waals surface area contributed by atoms with Crippen LogP contribution in [0, 0.1) is 0 Å². The molecule has 1 N–H and O–H groups in total. The predicted molar refractivity (Wildman–Crippen MR) is 96.5 cm³/mol. The molecule has 1 aromatic heterocycles. The highest BCUT2D eigenvalue weighted by molar-refractivity contribution is 7.99. The maximum absolute atomic E-state index is 12.2. The molecule has 0 bridgehead atoms. The number of carbonyl (C=O) groups is 1. The van der Waals surface area contributed by atoms with Crippen molar-refractivity contribution in [2.75, 3.05) is 17.7 Å². The molecule has 3 rings (SSSR count). The van der Waals surface area contributed by atoms with Gasteiger partial charge in [0.25, 0.3) is 0 Å². The van der Waals surface area contributed by atoms with Gasteiger partial charge < -0.3 is 10.1 Å². The summed E-state index contributed by atoms with van der Waals surface area (Å²) in [7, 11) is 0. The average Bonchev–Trinajstić information content (AvgIpc) is 2.62. The third kappa shape index (κ3) is 4.02. The molecule has 0 saturated heterocycles. The van der Waals surface area contributed by atoms with Crippen molar-refractivity contribution in [2.45, 2.75) is 11.9 Å². The van der Waals surface area contributed by atoms with Crippen molar-refractivity contribution in [3.8, 4) is 5.75 Å². The van der Waals surface area contributed by atoms with Crippen LogP contribution in [0.3, 0.4) is 0 Å². The molecule has 0 fully saturated rings. The summed E-state index contributed by atoms with van der Waals surface area (Å²) in [6, 6.07) is 15.1. The largest absolute Gasteiger partial charge is 0.492 e. The standard InChI is InChI=1S/C18H17N3O2S/c1-2-23-16-10-6-5-9-15(16)20-17(22)12-24-18-11-19-13-7-3-4-8-14(13)21-18/h3-11H,2,12H2,1H3,(H,20,22). The van der Waals surface area contributed by atoms with Crippen LogP contribution in [-0.4, -0.2) is 28.2 Å². The molecule has 2 aromatic carbocycles. The molecule has 6 heteroatoms. The maximum Gasteiger partial charge on any atom is 0.234 e. The molecule has 1 amide bonds. The van der Waals surface area contributed by atoms with E-state index in [1.807, 2.05) is 55.5 Å². The number of carbonyl (C=O) groups excluding carboxylic acids is 1. The van der Waals surface area contributed by atoms with Gasteiger partial charge in [0.05, 0.1) is 35.3 Å². The Morgan fingerprint density at radius 1 is 1.12 bits per heavy atom. The summed E-state index contributed by atoms with van der Waals surface area (Å²) >= 11 is 1.36. The second kappa shape index (κ2) is 7.79. The lowest BCUT2D eigenvalue weighted by atomic mass is 10.3. The van der Waals surface area contributed by atoms with E-state index in [0.717, 1.165) is 16.1 Å². The molecular formula is C18H17N3O2S. The number of benzene rings is 2. The van der Waals surface area contributed by atoms with Crippen molar-refractivity contribution < 1.29 is 9.53 Å². The monoisotopic (exact) mass is 339 g/mol. The Labute approximate surface area is 144 Å². The van der Waals surface area contributed by atoms with Crippen LogP contribution in [0.2, 0.25) is 0 Å². The predicted octanol–water partition coefficient (Wildman–Crippen LogP) is 3.76. The van der Waals surface area contributed by atoms with Crippen LogP contribution in [0.5, 0.6) is 5.75 Å². The molecule has 24 heavy (non-hydrogen) atoms. The van der Waals surface area contributed by atoms with Crippen molar-refractivity contribution in [1.82, 2.24) is 9.97 Å². The quantitative estimate of drug-likeness (QED) is 0.693. The second-order valence-corrected chi connectivity index (χ2v) is 5.96. The minimum absolute atomic E-state index is 0.109. The summed E-state index contributed by atoms with van der Waals surface area (Å²) < 4.78 is 5.50. The number of aromatic nitrogens is 2. The molecule has 0 aliphatic carbocycles. The Balaban J connectivity index is 1.62. The fourth-order valence-corrected chi connectivity index (χ4v) is 2.83. The van der Waals surface area contributed by atoms with Gasteiger partial charge in [-0.05, 0) is 31.2 Å². The van der Waals surface area contributed by atoms with E-state index < -0.39 is 0 Å². The van der Waals surface area contributed by atoms with Crippen LogP contribution in [0.4, 0.5) is 5.69 Å². The SMILES string of the molecule is CCOc1ccccc1NC(=O)CSc1cnc2ccccc2n1. The smallest absolute Gasteiger partial charge is 0.234 e. The third-order valence-electron chi connectivity index (χ3n) is 3.24. The summed E-state index contributed by atoms with van der Waals surface area (Å²) in [5.74, 6) is 0.818. The Morgan fingerprint density at radius 2 is 1.88 bits per heavy atom. The molecule has 5 nitrogen and oxygen atoms in total. The molecule has 122 valence electrons. The zero-order valence-corrected chi connectivity index (χ0v) is 14.0. The molecule has 3 aromatic rings. The van der Waals surface area contributed by atoms with E-state index in [0.29, 0.717) is 18.0 Å². The lowest BCUT2D eigenvalue weighted by Crippen LogP contribution is -2.15. The number of para-hydroxylation sites is 4. The summed E-state index contributed by atoms with van der Waals surface area (Å²) in [6.07, 6.45) is 1.69. The van der Waals surface area contributed by atoms with E-state index in [1.165, 1.54) is 11.8 Å². The van der Waals surface area contributed by atoms with Crippen LogP contribution < -0.4 is 10.1 Å². The molecule has 0 saturated carbocycles. The van der Waals surface area contributed by atoms with E-state index in [1.54, 1.807) is 6.20 Å². The van der Waals surface area contributed by atoms with Gasteiger partial charge in [-0.1, -0.05) is 36.0 Å².